The topological polar surface area (TPSA) is 68.5 Å². The van der Waals surface area contributed by atoms with Crippen molar-refractivity contribution in [1.29, 1.82) is 0 Å². The second kappa shape index (κ2) is 9.06. The molecule has 0 fully saturated rings. The molecule has 0 saturated carbocycles. The second-order valence-corrected chi connectivity index (χ2v) is 7.69. The van der Waals surface area contributed by atoms with Crippen molar-refractivity contribution in [2.45, 2.75) is 19.9 Å². The fraction of sp³-hybridized carbons (Fsp3) is 0.192. The van der Waals surface area contributed by atoms with Gasteiger partial charge in [0.15, 0.2) is 0 Å². The summed E-state index contributed by atoms with van der Waals surface area (Å²) >= 11 is 0. The summed E-state index contributed by atoms with van der Waals surface area (Å²) in [4.78, 5) is 14.8. The van der Waals surface area contributed by atoms with Gasteiger partial charge in [0.05, 0.1) is 13.2 Å². The fourth-order valence-corrected chi connectivity index (χ4v) is 3.59. The van der Waals surface area contributed by atoms with Gasteiger partial charge >= 0.3 is 0 Å². The Kier molecular flexibility index (Phi) is 6.03. The van der Waals surface area contributed by atoms with Crippen LogP contribution in [-0.2, 0) is 0 Å². The van der Waals surface area contributed by atoms with Gasteiger partial charge < -0.3 is 14.1 Å². The molecule has 6 nitrogen and oxygen atoms in total. The molecule has 32 heavy (non-hydrogen) atoms. The van der Waals surface area contributed by atoms with Crippen molar-refractivity contribution >= 4 is 5.91 Å². The molecule has 6 heteroatoms. The van der Waals surface area contributed by atoms with E-state index in [1.807, 2.05) is 74.5 Å². The average Bonchev–Trinajstić information content (AvgIpc) is 3.33. The minimum absolute atomic E-state index is 0.0825. The Labute approximate surface area is 187 Å². The van der Waals surface area contributed by atoms with E-state index in [1.165, 1.54) is 0 Å². The number of hydrogen-bond acceptors (Lipinski definition) is 5. The summed E-state index contributed by atoms with van der Waals surface area (Å²) in [5, 5.41) is 8.32. The molecule has 1 heterocycles. The Morgan fingerprint density at radius 3 is 2.31 bits per heavy atom. The number of aryl methyl sites for hydroxylation is 1. The van der Waals surface area contributed by atoms with E-state index in [0.29, 0.717) is 17.3 Å². The van der Waals surface area contributed by atoms with Gasteiger partial charge in [-0.1, -0.05) is 35.9 Å². The Balaban J connectivity index is 1.52. The third kappa shape index (κ3) is 4.25. The van der Waals surface area contributed by atoms with E-state index in [9.17, 15) is 4.79 Å². The third-order valence-electron chi connectivity index (χ3n) is 5.56. The molecule has 1 aromatic heterocycles. The molecule has 0 radical (unpaired) electrons. The molecule has 3 aromatic carbocycles. The number of rotatable bonds is 6. The molecular weight excluding hydrogens is 402 g/mol. The number of nitrogens with zero attached hydrogens (tertiary/aromatic N) is 3. The van der Waals surface area contributed by atoms with Crippen molar-refractivity contribution in [3.63, 3.8) is 0 Å². The van der Waals surface area contributed by atoms with Gasteiger partial charge in [-0.05, 0) is 56.3 Å². The van der Waals surface area contributed by atoms with Crippen LogP contribution in [0.2, 0.25) is 0 Å². The van der Waals surface area contributed by atoms with Crippen LogP contribution in [0, 0.1) is 6.92 Å². The van der Waals surface area contributed by atoms with Gasteiger partial charge in [0.2, 0.25) is 11.8 Å². The molecule has 1 atom stereocenters. The molecule has 0 spiro atoms. The van der Waals surface area contributed by atoms with E-state index in [-0.39, 0.29) is 11.9 Å². The Morgan fingerprint density at radius 1 is 0.938 bits per heavy atom. The van der Waals surface area contributed by atoms with Crippen LogP contribution in [0.3, 0.4) is 0 Å². The Hall–Kier alpha value is -3.93. The van der Waals surface area contributed by atoms with E-state index in [0.717, 1.165) is 28.0 Å². The molecule has 0 bridgehead atoms. The summed E-state index contributed by atoms with van der Waals surface area (Å²) in [7, 11) is 3.42. The lowest BCUT2D eigenvalue weighted by Gasteiger charge is -2.26. The number of amides is 1. The molecule has 1 unspecified atom stereocenters. The van der Waals surface area contributed by atoms with Gasteiger partial charge in [-0.2, -0.15) is 0 Å². The monoisotopic (exact) mass is 427 g/mol. The van der Waals surface area contributed by atoms with Gasteiger partial charge in [0, 0.05) is 29.3 Å². The molecule has 0 saturated heterocycles. The van der Waals surface area contributed by atoms with Gasteiger partial charge in [0.1, 0.15) is 5.75 Å². The molecule has 162 valence electrons. The first kappa shape index (κ1) is 21.3. The first-order chi connectivity index (χ1) is 15.5. The fourth-order valence-electron chi connectivity index (χ4n) is 3.59. The molecule has 0 aliphatic heterocycles. The summed E-state index contributed by atoms with van der Waals surface area (Å²) in [6, 6.07) is 22.7. The van der Waals surface area contributed by atoms with E-state index >= 15 is 0 Å². The molecule has 1 amide bonds. The molecule has 4 rings (SSSR count). The number of aromatic nitrogens is 2. The van der Waals surface area contributed by atoms with Crippen LogP contribution in [0.4, 0.5) is 0 Å². The van der Waals surface area contributed by atoms with Crippen molar-refractivity contribution in [3.8, 4) is 28.7 Å². The predicted octanol–water partition coefficient (Wildman–Crippen LogP) is 5.55. The number of ether oxygens (including phenoxy) is 1. The average molecular weight is 428 g/mol. The van der Waals surface area contributed by atoms with E-state index in [2.05, 4.69) is 10.2 Å². The zero-order valence-corrected chi connectivity index (χ0v) is 18.6. The summed E-state index contributed by atoms with van der Waals surface area (Å²) in [5.41, 5.74) is 4.29. The minimum Gasteiger partial charge on any atom is -0.496 e. The summed E-state index contributed by atoms with van der Waals surface area (Å²) in [6.07, 6.45) is 0. The van der Waals surface area contributed by atoms with Crippen molar-refractivity contribution < 1.29 is 13.9 Å². The standard InChI is InChI=1S/C26H25N3O3/c1-17-8-7-9-21(16-17)25-28-27-24(32-25)19-12-14-20(15-13-19)26(30)29(3)18(2)22-10-5-6-11-23(22)31-4/h5-16,18H,1-4H3. The third-order valence-corrected chi connectivity index (χ3v) is 5.56. The lowest BCUT2D eigenvalue weighted by atomic mass is 10.0. The zero-order chi connectivity index (χ0) is 22.7. The number of para-hydroxylation sites is 1. The maximum absolute atomic E-state index is 13.1. The summed E-state index contributed by atoms with van der Waals surface area (Å²) in [5.74, 6) is 1.56. The van der Waals surface area contributed by atoms with E-state index in [4.69, 9.17) is 9.15 Å². The van der Waals surface area contributed by atoms with Crippen LogP contribution >= 0.6 is 0 Å². The summed E-state index contributed by atoms with van der Waals surface area (Å²) in [6.45, 7) is 4.00. The highest BCUT2D eigenvalue weighted by atomic mass is 16.5. The minimum atomic E-state index is -0.147. The highest BCUT2D eigenvalue weighted by molar-refractivity contribution is 5.94. The SMILES string of the molecule is COc1ccccc1C(C)N(C)C(=O)c1ccc(-c2nnc(-c3cccc(C)c3)o2)cc1. The smallest absolute Gasteiger partial charge is 0.254 e. The highest BCUT2D eigenvalue weighted by Crippen LogP contribution is 2.29. The van der Waals surface area contributed by atoms with Crippen LogP contribution in [0.1, 0.15) is 34.5 Å². The normalized spacial score (nSPS) is 11.8. The summed E-state index contributed by atoms with van der Waals surface area (Å²) < 4.78 is 11.3. The maximum Gasteiger partial charge on any atom is 0.254 e. The Morgan fingerprint density at radius 2 is 1.62 bits per heavy atom. The van der Waals surface area contributed by atoms with Gasteiger partial charge in [-0.25, -0.2) is 0 Å². The predicted molar refractivity (Wildman–Crippen MR) is 123 cm³/mol. The van der Waals surface area contributed by atoms with Crippen molar-refractivity contribution in [1.82, 2.24) is 15.1 Å². The van der Waals surface area contributed by atoms with E-state index < -0.39 is 0 Å². The Bertz CT molecular complexity index is 1230. The van der Waals surface area contributed by atoms with Gasteiger partial charge in [-0.3, -0.25) is 4.79 Å². The maximum atomic E-state index is 13.1. The molecule has 0 N–H and O–H groups in total. The molecule has 0 aliphatic carbocycles. The number of carbonyl (C=O) groups excluding carboxylic acids is 1. The molecular formula is C26H25N3O3. The van der Waals surface area contributed by atoms with Crippen molar-refractivity contribution in [3.05, 3.63) is 89.5 Å². The van der Waals surface area contributed by atoms with Crippen LogP contribution in [0.25, 0.3) is 22.9 Å². The number of methoxy groups -OCH3 is 1. The van der Waals surface area contributed by atoms with Crippen LogP contribution in [0.5, 0.6) is 5.75 Å². The second-order valence-electron chi connectivity index (χ2n) is 7.69. The van der Waals surface area contributed by atoms with Crippen molar-refractivity contribution in [2.75, 3.05) is 14.2 Å². The lowest BCUT2D eigenvalue weighted by molar-refractivity contribution is 0.0741. The molecule has 4 aromatic rings. The quantitative estimate of drug-likeness (QED) is 0.403. The number of benzene rings is 3. The lowest BCUT2D eigenvalue weighted by Crippen LogP contribution is -2.29. The van der Waals surface area contributed by atoms with Crippen LogP contribution in [-0.4, -0.2) is 35.2 Å². The van der Waals surface area contributed by atoms with Crippen LogP contribution < -0.4 is 4.74 Å². The van der Waals surface area contributed by atoms with E-state index in [1.54, 1.807) is 31.2 Å². The first-order valence-corrected chi connectivity index (χ1v) is 10.4. The van der Waals surface area contributed by atoms with Crippen LogP contribution in [0.15, 0.2) is 77.2 Å². The van der Waals surface area contributed by atoms with Gasteiger partial charge in [-0.15, -0.1) is 10.2 Å². The zero-order valence-electron chi connectivity index (χ0n) is 18.6. The molecule has 0 aliphatic rings. The highest BCUT2D eigenvalue weighted by Gasteiger charge is 2.21. The largest absolute Gasteiger partial charge is 0.496 e. The number of hydrogen-bond donors (Lipinski definition) is 0. The first-order valence-electron chi connectivity index (χ1n) is 10.4. The van der Waals surface area contributed by atoms with Gasteiger partial charge in [0.25, 0.3) is 5.91 Å². The number of carbonyl (C=O) groups is 1. The van der Waals surface area contributed by atoms with Crippen molar-refractivity contribution in [2.24, 2.45) is 0 Å².